The third-order valence-corrected chi connectivity index (χ3v) is 12.8. The third kappa shape index (κ3) is 7.69. The molecule has 3 aliphatic heterocycles. The lowest BCUT2D eigenvalue weighted by molar-refractivity contribution is -0.301. The van der Waals surface area contributed by atoms with Gasteiger partial charge in [0, 0.05) is 115 Å². The number of aliphatic hydroxyl groups excluding tert-OH is 4. The molecule has 316 valence electrons. The molecule has 9 rings (SSSR count). The first-order valence-electron chi connectivity index (χ1n) is 21.3. The minimum Gasteiger partial charge on any atom is -0.394 e. The molecule has 3 saturated heterocycles. The number of nitrogens with zero attached hydrogens (tertiary/aromatic N) is 7. The highest BCUT2D eigenvalue weighted by atomic mass is 16.7. The summed E-state index contributed by atoms with van der Waals surface area (Å²) >= 11 is 0. The third-order valence-electron chi connectivity index (χ3n) is 12.8. The Morgan fingerprint density at radius 3 is 1.85 bits per heavy atom. The van der Waals surface area contributed by atoms with E-state index in [1.54, 1.807) is 0 Å². The standard InChI is InChI=1S/C47H57N7O6/c1-4-53-38-8-6-5-7-36(38)37-29-33(13-18-39(37)53)46-48-41(31-9-14-34(15-10-31)51-23-19-49(2)20-24-51)42(32-11-16-35(17-12-32)52-25-21-50(3)22-26-52)54(46)27-28-59-47-45(58)44(57)43(56)40(30-55)60-47/h5-18,29,40,43-45,47,55-58H,4,19-28,30H2,1-3H3/t40-,43-,44+,45-,47-/m1/s1. The molecule has 4 aromatic carbocycles. The maximum Gasteiger partial charge on any atom is 0.186 e. The van der Waals surface area contributed by atoms with E-state index in [2.05, 4.69) is 141 Å². The fraction of sp³-hybridized carbons (Fsp3) is 0.426. The lowest BCUT2D eigenvalue weighted by Gasteiger charge is -2.39. The lowest BCUT2D eigenvalue weighted by Crippen LogP contribution is -2.59. The number of piperazine rings is 2. The fourth-order valence-corrected chi connectivity index (χ4v) is 9.17. The number of hydrogen-bond acceptors (Lipinski definition) is 11. The Kier molecular flexibility index (Phi) is 11.7. The van der Waals surface area contributed by atoms with Gasteiger partial charge in [0.05, 0.1) is 24.6 Å². The molecule has 0 spiro atoms. The number of fused-ring (bicyclic) bond motifs is 3. The first kappa shape index (κ1) is 40.6. The highest BCUT2D eigenvalue weighted by Gasteiger charge is 2.44. The zero-order valence-electron chi connectivity index (χ0n) is 34.8. The monoisotopic (exact) mass is 815 g/mol. The molecule has 6 aromatic rings. The summed E-state index contributed by atoms with van der Waals surface area (Å²) in [5.74, 6) is 0.763. The van der Waals surface area contributed by atoms with Crippen molar-refractivity contribution < 1.29 is 29.9 Å². The molecule has 13 heteroatoms. The van der Waals surface area contributed by atoms with Gasteiger partial charge in [-0.15, -0.1) is 0 Å². The van der Waals surface area contributed by atoms with E-state index in [0.717, 1.165) is 104 Å². The van der Waals surface area contributed by atoms with Gasteiger partial charge in [-0.05, 0) is 69.6 Å². The highest BCUT2D eigenvalue weighted by Crippen LogP contribution is 2.40. The van der Waals surface area contributed by atoms with Crippen LogP contribution >= 0.6 is 0 Å². The molecule has 4 N–H and O–H groups in total. The second-order valence-corrected chi connectivity index (χ2v) is 16.5. The van der Waals surface area contributed by atoms with Gasteiger partial charge in [-0.1, -0.05) is 42.5 Å². The topological polar surface area (TPSA) is 135 Å². The number of para-hydroxylation sites is 1. The molecule has 13 nitrogen and oxygen atoms in total. The SMILES string of the molecule is CCn1c2ccccc2c2cc(-c3nc(-c4ccc(N5CCN(C)CC5)cc4)c(-c4ccc(N5CCN(C)CC5)cc4)n3CCO[C@@H]3O[C@H](CO)[C@@H](O)[C@H](O)[C@H]3O)ccc21. The molecule has 5 heterocycles. The van der Waals surface area contributed by atoms with E-state index >= 15 is 0 Å². The zero-order valence-corrected chi connectivity index (χ0v) is 34.8. The fourth-order valence-electron chi connectivity index (χ4n) is 9.17. The quantitative estimate of drug-likeness (QED) is 0.149. The van der Waals surface area contributed by atoms with E-state index in [1.807, 2.05) is 0 Å². The molecule has 3 fully saturated rings. The van der Waals surface area contributed by atoms with Crippen molar-refractivity contribution in [2.24, 2.45) is 0 Å². The van der Waals surface area contributed by atoms with E-state index in [4.69, 9.17) is 14.5 Å². The van der Waals surface area contributed by atoms with E-state index < -0.39 is 37.3 Å². The maximum atomic E-state index is 10.8. The van der Waals surface area contributed by atoms with Crippen molar-refractivity contribution in [3.8, 4) is 33.9 Å². The Labute approximate surface area is 351 Å². The molecule has 0 unspecified atom stereocenters. The van der Waals surface area contributed by atoms with Crippen molar-refractivity contribution in [2.45, 2.75) is 50.7 Å². The summed E-state index contributed by atoms with van der Waals surface area (Å²) in [6.07, 6.45) is -6.82. The van der Waals surface area contributed by atoms with Crippen LogP contribution in [0.2, 0.25) is 0 Å². The van der Waals surface area contributed by atoms with E-state index in [9.17, 15) is 20.4 Å². The summed E-state index contributed by atoms with van der Waals surface area (Å²) in [4.78, 5) is 15.1. The molecule has 2 aromatic heterocycles. The van der Waals surface area contributed by atoms with Crippen molar-refractivity contribution >= 4 is 33.2 Å². The summed E-state index contributed by atoms with van der Waals surface area (Å²) < 4.78 is 16.4. The number of rotatable bonds is 11. The Morgan fingerprint density at radius 1 is 0.650 bits per heavy atom. The van der Waals surface area contributed by atoms with Crippen LogP contribution < -0.4 is 9.80 Å². The zero-order chi connectivity index (χ0) is 41.5. The second kappa shape index (κ2) is 17.3. The Morgan fingerprint density at radius 2 is 1.23 bits per heavy atom. The normalized spacial score (nSPS) is 23.3. The van der Waals surface area contributed by atoms with Crippen LogP contribution in [0.25, 0.3) is 55.7 Å². The van der Waals surface area contributed by atoms with Crippen LogP contribution in [0.1, 0.15) is 6.92 Å². The van der Waals surface area contributed by atoms with Gasteiger partial charge in [0.2, 0.25) is 0 Å². The minimum atomic E-state index is -1.53. The number of ether oxygens (including phenoxy) is 2. The number of likely N-dealkylation sites (N-methyl/N-ethyl adjacent to an activating group) is 2. The van der Waals surface area contributed by atoms with Gasteiger partial charge in [0.25, 0.3) is 0 Å². The number of hydrogen-bond donors (Lipinski definition) is 4. The first-order chi connectivity index (χ1) is 29.2. The summed E-state index contributed by atoms with van der Waals surface area (Å²) in [5, 5.41) is 44.0. The first-order valence-corrected chi connectivity index (χ1v) is 21.3. The molecule has 3 aliphatic rings. The van der Waals surface area contributed by atoms with Crippen molar-refractivity contribution in [2.75, 3.05) is 89.5 Å². The highest BCUT2D eigenvalue weighted by molar-refractivity contribution is 6.09. The van der Waals surface area contributed by atoms with E-state index in [-0.39, 0.29) is 6.61 Å². The number of imidazole rings is 1. The Hall–Kier alpha value is -4.83. The summed E-state index contributed by atoms with van der Waals surface area (Å²) in [6.45, 7) is 10.9. The second-order valence-electron chi connectivity index (χ2n) is 16.5. The van der Waals surface area contributed by atoms with Crippen LogP contribution in [-0.2, 0) is 22.6 Å². The molecular formula is C47H57N7O6. The predicted octanol–water partition coefficient (Wildman–Crippen LogP) is 4.33. The van der Waals surface area contributed by atoms with Gasteiger partial charge >= 0.3 is 0 Å². The van der Waals surface area contributed by atoms with Gasteiger partial charge in [-0.2, -0.15) is 0 Å². The smallest absolute Gasteiger partial charge is 0.186 e. The van der Waals surface area contributed by atoms with E-state index in [0.29, 0.717) is 6.54 Å². The van der Waals surface area contributed by atoms with Crippen LogP contribution in [0.5, 0.6) is 0 Å². The maximum absolute atomic E-state index is 10.8. The van der Waals surface area contributed by atoms with Crippen LogP contribution in [0, 0.1) is 0 Å². The predicted molar refractivity (Wildman–Crippen MR) is 236 cm³/mol. The van der Waals surface area contributed by atoms with Crippen molar-refractivity contribution in [3.63, 3.8) is 0 Å². The van der Waals surface area contributed by atoms with Crippen molar-refractivity contribution in [3.05, 3.63) is 91.0 Å². The van der Waals surface area contributed by atoms with Gasteiger partial charge in [0.15, 0.2) is 6.29 Å². The van der Waals surface area contributed by atoms with Crippen LogP contribution in [0.15, 0.2) is 91.0 Å². The molecule has 0 radical (unpaired) electrons. The number of aryl methyl sites for hydroxylation is 1. The van der Waals surface area contributed by atoms with Crippen LogP contribution in [0.3, 0.4) is 0 Å². The number of aliphatic hydroxyl groups is 4. The van der Waals surface area contributed by atoms with Crippen molar-refractivity contribution in [1.29, 1.82) is 0 Å². The van der Waals surface area contributed by atoms with Gasteiger partial charge in [0.1, 0.15) is 30.2 Å². The van der Waals surface area contributed by atoms with Gasteiger partial charge in [-0.3, -0.25) is 0 Å². The van der Waals surface area contributed by atoms with Crippen molar-refractivity contribution in [1.82, 2.24) is 23.9 Å². The molecule has 0 bridgehead atoms. The average molecular weight is 816 g/mol. The molecule has 0 aliphatic carbocycles. The number of benzene rings is 4. The number of aromatic nitrogens is 3. The molecular weight excluding hydrogens is 759 g/mol. The summed E-state index contributed by atoms with van der Waals surface area (Å²) in [7, 11) is 4.33. The molecule has 0 saturated carbocycles. The molecule has 0 amide bonds. The van der Waals surface area contributed by atoms with E-state index in [1.165, 1.54) is 22.3 Å². The Bertz CT molecular complexity index is 2400. The molecule has 60 heavy (non-hydrogen) atoms. The average Bonchev–Trinajstić information content (AvgIpc) is 3.82. The van der Waals surface area contributed by atoms with Gasteiger partial charge < -0.3 is 58.6 Å². The minimum absolute atomic E-state index is 0.0810. The summed E-state index contributed by atoms with van der Waals surface area (Å²) in [6, 6.07) is 32.6. The molecule has 5 atom stereocenters. The van der Waals surface area contributed by atoms with Crippen LogP contribution in [-0.4, -0.2) is 155 Å². The lowest BCUT2D eigenvalue weighted by atomic mass is 9.99. The Balaban J connectivity index is 1.16. The number of anilines is 2. The largest absolute Gasteiger partial charge is 0.394 e. The van der Waals surface area contributed by atoms with Crippen LogP contribution in [0.4, 0.5) is 11.4 Å². The summed E-state index contributed by atoms with van der Waals surface area (Å²) in [5.41, 5.74) is 9.42. The van der Waals surface area contributed by atoms with Gasteiger partial charge in [-0.25, -0.2) is 4.98 Å².